The van der Waals surface area contributed by atoms with E-state index >= 15 is 0 Å². The molecule has 3 heterocycles. The van der Waals surface area contributed by atoms with Crippen molar-refractivity contribution < 1.29 is 9.53 Å². The molecule has 1 N–H and O–H groups in total. The normalized spacial score (nSPS) is 13.2. The molecular weight excluding hydrogens is 392 g/mol. The summed E-state index contributed by atoms with van der Waals surface area (Å²) >= 11 is 0. The summed E-state index contributed by atoms with van der Waals surface area (Å²) < 4.78 is 5.80. The summed E-state index contributed by atoms with van der Waals surface area (Å²) in [5.74, 6) is 2.21. The van der Waals surface area contributed by atoms with Gasteiger partial charge in [-0.3, -0.25) is 4.79 Å². The fourth-order valence-corrected chi connectivity index (χ4v) is 3.26. The Kier molecular flexibility index (Phi) is 5.18. The van der Waals surface area contributed by atoms with Crippen molar-refractivity contribution in [3.63, 3.8) is 0 Å². The molecule has 1 fully saturated rings. The maximum Gasteiger partial charge on any atom is 0.219 e. The molecule has 8 nitrogen and oxygen atoms in total. The van der Waals surface area contributed by atoms with Crippen LogP contribution >= 0.6 is 0 Å². The predicted molar refractivity (Wildman–Crippen MR) is 115 cm³/mol. The SMILES string of the molecule is O=C(c1ccc(Oc2ccc(CCNc3ncnc4nccnc34)cc2)nc1)C1CC1. The monoisotopic (exact) mass is 412 g/mol. The lowest BCUT2D eigenvalue weighted by atomic mass is 10.1. The number of ether oxygens (including phenoxy) is 1. The molecule has 0 saturated heterocycles. The summed E-state index contributed by atoms with van der Waals surface area (Å²) in [6.45, 7) is 0.695. The number of rotatable bonds is 8. The number of carbonyl (C=O) groups excluding carboxylic acids is 1. The topological polar surface area (TPSA) is 103 Å². The molecule has 1 aliphatic carbocycles. The first-order valence-electron chi connectivity index (χ1n) is 10.2. The van der Waals surface area contributed by atoms with Crippen LogP contribution in [0.25, 0.3) is 11.2 Å². The number of nitrogens with one attached hydrogen (secondary N) is 1. The molecule has 5 rings (SSSR count). The van der Waals surface area contributed by atoms with Gasteiger partial charge in [-0.2, -0.15) is 0 Å². The van der Waals surface area contributed by atoms with Crippen LogP contribution in [0.15, 0.2) is 61.3 Å². The maximum atomic E-state index is 12.1. The Hall–Kier alpha value is -3.94. The van der Waals surface area contributed by atoms with Crippen molar-refractivity contribution in [2.75, 3.05) is 11.9 Å². The second-order valence-electron chi connectivity index (χ2n) is 7.40. The highest BCUT2D eigenvalue weighted by atomic mass is 16.5. The number of benzene rings is 1. The van der Waals surface area contributed by atoms with E-state index in [4.69, 9.17) is 4.74 Å². The van der Waals surface area contributed by atoms with Gasteiger partial charge in [0.25, 0.3) is 0 Å². The van der Waals surface area contributed by atoms with Crippen molar-refractivity contribution in [3.8, 4) is 11.6 Å². The van der Waals surface area contributed by atoms with E-state index in [9.17, 15) is 4.79 Å². The Morgan fingerprint density at radius 1 is 0.968 bits per heavy atom. The minimum Gasteiger partial charge on any atom is -0.439 e. The zero-order valence-electron chi connectivity index (χ0n) is 16.7. The molecule has 8 heteroatoms. The number of hydrogen-bond acceptors (Lipinski definition) is 8. The zero-order chi connectivity index (χ0) is 21.0. The highest BCUT2D eigenvalue weighted by Crippen LogP contribution is 2.32. The molecule has 31 heavy (non-hydrogen) atoms. The Morgan fingerprint density at radius 3 is 2.58 bits per heavy atom. The summed E-state index contributed by atoms with van der Waals surface area (Å²) in [6.07, 6.45) is 9.10. The second-order valence-corrected chi connectivity index (χ2v) is 7.40. The van der Waals surface area contributed by atoms with Gasteiger partial charge in [-0.1, -0.05) is 12.1 Å². The van der Waals surface area contributed by atoms with Gasteiger partial charge in [-0.25, -0.2) is 24.9 Å². The number of fused-ring (bicyclic) bond motifs is 1. The quantitative estimate of drug-likeness (QED) is 0.435. The molecule has 1 aromatic carbocycles. The number of hydrogen-bond donors (Lipinski definition) is 1. The number of Topliss-reactive ketones (excluding diaryl/α,β-unsaturated/α-hetero) is 1. The van der Waals surface area contributed by atoms with E-state index in [0.717, 1.165) is 24.8 Å². The van der Waals surface area contributed by atoms with Crippen molar-refractivity contribution in [2.45, 2.75) is 19.3 Å². The van der Waals surface area contributed by atoms with Crippen molar-refractivity contribution in [2.24, 2.45) is 5.92 Å². The Morgan fingerprint density at radius 2 is 1.81 bits per heavy atom. The fourth-order valence-electron chi connectivity index (χ4n) is 3.26. The van der Waals surface area contributed by atoms with Crippen LogP contribution in [0.5, 0.6) is 11.6 Å². The summed E-state index contributed by atoms with van der Waals surface area (Å²) in [5, 5.41) is 3.29. The minimum atomic E-state index is 0.180. The van der Waals surface area contributed by atoms with Crippen molar-refractivity contribution in [3.05, 3.63) is 72.4 Å². The molecule has 0 spiro atoms. The number of aromatic nitrogens is 5. The largest absolute Gasteiger partial charge is 0.439 e. The minimum absolute atomic E-state index is 0.180. The summed E-state index contributed by atoms with van der Waals surface area (Å²) in [7, 11) is 0. The van der Waals surface area contributed by atoms with Crippen LogP contribution in [-0.2, 0) is 6.42 Å². The van der Waals surface area contributed by atoms with E-state index in [1.807, 2.05) is 24.3 Å². The number of carbonyl (C=O) groups is 1. The van der Waals surface area contributed by atoms with Gasteiger partial charge in [0.1, 0.15) is 17.6 Å². The summed E-state index contributed by atoms with van der Waals surface area (Å²) in [5.41, 5.74) is 3.04. The van der Waals surface area contributed by atoms with Crippen LogP contribution in [0.2, 0.25) is 0 Å². The molecule has 0 atom stereocenters. The number of nitrogens with zero attached hydrogens (tertiary/aromatic N) is 5. The average Bonchev–Trinajstić information content (AvgIpc) is 3.66. The maximum absolute atomic E-state index is 12.1. The molecule has 154 valence electrons. The van der Waals surface area contributed by atoms with Crippen LogP contribution in [0, 0.1) is 5.92 Å². The lowest BCUT2D eigenvalue weighted by molar-refractivity contribution is 0.0967. The number of pyridine rings is 1. The molecule has 1 aliphatic rings. The first-order chi connectivity index (χ1) is 15.3. The average molecular weight is 412 g/mol. The van der Waals surface area contributed by atoms with Crippen LogP contribution < -0.4 is 10.1 Å². The van der Waals surface area contributed by atoms with Crippen LogP contribution in [-0.4, -0.2) is 37.2 Å². The highest BCUT2D eigenvalue weighted by Gasteiger charge is 2.30. The third kappa shape index (κ3) is 4.48. The first-order valence-corrected chi connectivity index (χ1v) is 10.2. The summed E-state index contributed by atoms with van der Waals surface area (Å²) in [4.78, 5) is 33.2. The first kappa shape index (κ1) is 19.0. The molecule has 3 aromatic heterocycles. The number of ketones is 1. The fraction of sp³-hybridized carbons (Fsp3) is 0.217. The molecule has 0 unspecified atom stereocenters. The molecule has 0 aliphatic heterocycles. The van der Waals surface area contributed by atoms with Gasteiger partial charge in [-0.05, 0) is 43.0 Å². The van der Waals surface area contributed by atoms with Gasteiger partial charge in [0, 0.05) is 42.7 Å². The van der Waals surface area contributed by atoms with Gasteiger partial charge in [-0.15, -0.1) is 0 Å². The lowest BCUT2D eigenvalue weighted by Crippen LogP contribution is -2.08. The zero-order valence-corrected chi connectivity index (χ0v) is 16.7. The van der Waals surface area contributed by atoms with Crippen LogP contribution in [0.1, 0.15) is 28.8 Å². The van der Waals surface area contributed by atoms with Gasteiger partial charge in [0.2, 0.25) is 5.88 Å². The molecule has 0 bridgehead atoms. The number of anilines is 1. The van der Waals surface area contributed by atoms with Crippen molar-refractivity contribution in [1.29, 1.82) is 0 Å². The van der Waals surface area contributed by atoms with E-state index in [1.165, 1.54) is 6.33 Å². The van der Waals surface area contributed by atoms with Gasteiger partial charge in [0.15, 0.2) is 17.2 Å². The van der Waals surface area contributed by atoms with E-state index in [2.05, 4.69) is 30.2 Å². The molecule has 4 aromatic rings. The van der Waals surface area contributed by atoms with Crippen LogP contribution in [0.3, 0.4) is 0 Å². The van der Waals surface area contributed by atoms with Crippen molar-refractivity contribution >= 4 is 22.8 Å². The Labute approximate surface area is 178 Å². The molecule has 0 amide bonds. The Balaban J connectivity index is 1.16. The highest BCUT2D eigenvalue weighted by molar-refractivity contribution is 5.99. The van der Waals surface area contributed by atoms with E-state index in [1.54, 1.807) is 30.7 Å². The van der Waals surface area contributed by atoms with Crippen molar-refractivity contribution in [1.82, 2.24) is 24.9 Å². The standard InChI is InChI=1S/C23H20N6O2/c30-21(16-3-4-16)17-5-8-19(27-13-17)31-18-6-1-15(2-7-18)9-10-25-22-20-23(29-14-28-22)26-12-11-24-20/h1-2,5-8,11-14,16H,3-4,9-10H2,(H,25,26,28,29). The third-order valence-electron chi connectivity index (χ3n) is 5.09. The lowest BCUT2D eigenvalue weighted by Gasteiger charge is -2.08. The van der Waals surface area contributed by atoms with E-state index in [-0.39, 0.29) is 11.7 Å². The van der Waals surface area contributed by atoms with Gasteiger partial charge < -0.3 is 10.1 Å². The van der Waals surface area contributed by atoms with E-state index in [0.29, 0.717) is 40.7 Å². The smallest absolute Gasteiger partial charge is 0.219 e. The Bertz CT molecular complexity index is 1200. The molecule has 0 radical (unpaired) electrons. The van der Waals surface area contributed by atoms with Gasteiger partial charge in [0.05, 0.1) is 0 Å². The summed E-state index contributed by atoms with van der Waals surface area (Å²) in [6, 6.07) is 11.4. The molecule has 1 saturated carbocycles. The second kappa shape index (κ2) is 8.43. The predicted octanol–water partition coefficient (Wildman–Crippen LogP) is 3.85. The van der Waals surface area contributed by atoms with Gasteiger partial charge >= 0.3 is 0 Å². The molecular formula is C23H20N6O2. The van der Waals surface area contributed by atoms with Crippen LogP contribution in [0.4, 0.5) is 5.82 Å². The third-order valence-corrected chi connectivity index (χ3v) is 5.09. The van der Waals surface area contributed by atoms with E-state index < -0.39 is 0 Å².